The monoisotopic (exact) mass is 198 g/mol. The Balaban J connectivity index is 2.48. The van der Waals surface area contributed by atoms with Crippen LogP contribution in [-0.2, 0) is 0 Å². The van der Waals surface area contributed by atoms with Crippen LogP contribution in [0.5, 0.6) is 0 Å². The average Bonchev–Trinajstić information content (AvgIpc) is 2.29. The first-order chi connectivity index (χ1) is 6.74. The molecule has 0 amide bonds. The summed E-state index contributed by atoms with van der Waals surface area (Å²) in [5.41, 5.74) is 5.66. The molecule has 1 saturated carbocycles. The van der Waals surface area contributed by atoms with E-state index in [9.17, 15) is 0 Å². The third-order valence-corrected chi connectivity index (χ3v) is 3.29. The fourth-order valence-corrected chi connectivity index (χ4v) is 2.21. The van der Waals surface area contributed by atoms with Crippen LogP contribution in [0.2, 0.25) is 0 Å². The second-order valence-electron chi connectivity index (χ2n) is 4.54. The van der Waals surface area contributed by atoms with Crippen molar-refractivity contribution in [1.82, 2.24) is 0 Å². The lowest BCUT2D eigenvalue weighted by atomic mass is 9.93. The van der Waals surface area contributed by atoms with Crippen molar-refractivity contribution in [2.75, 3.05) is 0 Å². The average molecular weight is 198 g/mol. The van der Waals surface area contributed by atoms with E-state index in [1.54, 1.807) is 0 Å². The molecule has 0 aromatic heterocycles. The molecule has 2 unspecified atom stereocenters. The number of amidine groups is 1. The third kappa shape index (κ3) is 3.56. The van der Waals surface area contributed by atoms with E-state index in [4.69, 9.17) is 10.9 Å². The van der Waals surface area contributed by atoms with Crippen molar-refractivity contribution in [2.24, 2.45) is 22.7 Å². The molecule has 0 radical (unpaired) electrons. The third-order valence-electron chi connectivity index (χ3n) is 3.29. The Labute approximate surface area is 86.4 Å². The van der Waals surface area contributed by atoms with Crippen molar-refractivity contribution < 1.29 is 5.21 Å². The van der Waals surface area contributed by atoms with Gasteiger partial charge in [0.1, 0.15) is 5.84 Å². The first-order valence-corrected chi connectivity index (χ1v) is 5.71. The van der Waals surface area contributed by atoms with Gasteiger partial charge in [0.2, 0.25) is 0 Å². The zero-order chi connectivity index (χ0) is 10.4. The van der Waals surface area contributed by atoms with Gasteiger partial charge in [0.25, 0.3) is 0 Å². The minimum Gasteiger partial charge on any atom is -0.409 e. The normalized spacial score (nSPS) is 31.6. The van der Waals surface area contributed by atoms with Gasteiger partial charge in [-0.25, -0.2) is 0 Å². The number of nitrogens with zero attached hydrogens (tertiary/aromatic N) is 1. The highest BCUT2D eigenvalue weighted by Crippen LogP contribution is 2.25. The Hall–Kier alpha value is -0.730. The molecule has 0 bridgehead atoms. The molecule has 0 aromatic carbocycles. The molecule has 2 atom stereocenters. The molecule has 1 aliphatic carbocycles. The molecule has 0 heterocycles. The summed E-state index contributed by atoms with van der Waals surface area (Å²) in [7, 11) is 0. The van der Waals surface area contributed by atoms with Crippen molar-refractivity contribution >= 4 is 5.84 Å². The predicted octanol–water partition coefficient (Wildman–Crippen LogP) is 2.73. The van der Waals surface area contributed by atoms with Gasteiger partial charge in [-0.05, 0) is 18.8 Å². The summed E-state index contributed by atoms with van der Waals surface area (Å²) in [6.07, 6.45) is 8.56. The first kappa shape index (κ1) is 11.3. The van der Waals surface area contributed by atoms with E-state index in [0.717, 1.165) is 18.8 Å². The first-order valence-electron chi connectivity index (χ1n) is 5.71. The van der Waals surface area contributed by atoms with Gasteiger partial charge >= 0.3 is 0 Å². The van der Waals surface area contributed by atoms with Gasteiger partial charge in [-0.2, -0.15) is 0 Å². The van der Waals surface area contributed by atoms with Crippen molar-refractivity contribution in [3.8, 4) is 0 Å². The Kier molecular flexibility index (Phi) is 4.77. The number of hydrogen-bond donors (Lipinski definition) is 2. The van der Waals surface area contributed by atoms with Crippen molar-refractivity contribution in [2.45, 2.75) is 51.9 Å². The summed E-state index contributed by atoms with van der Waals surface area (Å²) in [5, 5.41) is 11.8. The Morgan fingerprint density at radius 2 is 1.86 bits per heavy atom. The molecule has 82 valence electrons. The predicted molar refractivity (Wildman–Crippen MR) is 58.4 cm³/mol. The highest BCUT2D eigenvalue weighted by Gasteiger charge is 2.17. The molecule has 1 fully saturated rings. The fourth-order valence-electron chi connectivity index (χ4n) is 2.21. The van der Waals surface area contributed by atoms with Crippen LogP contribution in [0, 0.1) is 11.8 Å². The summed E-state index contributed by atoms with van der Waals surface area (Å²) in [6, 6.07) is 0. The van der Waals surface area contributed by atoms with Crippen LogP contribution in [0.25, 0.3) is 0 Å². The van der Waals surface area contributed by atoms with Gasteiger partial charge in [0.15, 0.2) is 0 Å². The summed E-state index contributed by atoms with van der Waals surface area (Å²) < 4.78 is 0. The second-order valence-corrected chi connectivity index (χ2v) is 4.54. The van der Waals surface area contributed by atoms with Crippen LogP contribution in [-0.4, -0.2) is 11.0 Å². The molecule has 0 aromatic rings. The molecule has 3 heteroatoms. The topological polar surface area (TPSA) is 58.6 Å². The molecule has 1 aliphatic rings. The van der Waals surface area contributed by atoms with E-state index >= 15 is 0 Å². The van der Waals surface area contributed by atoms with Gasteiger partial charge in [0, 0.05) is 5.92 Å². The van der Waals surface area contributed by atoms with Crippen molar-refractivity contribution in [3.63, 3.8) is 0 Å². The minimum atomic E-state index is 0.306. The van der Waals surface area contributed by atoms with Crippen LogP contribution >= 0.6 is 0 Å². The zero-order valence-corrected chi connectivity index (χ0v) is 9.08. The van der Waals surface area contributed by atoms with E-state index in [0.29, 0.717) is 11.8 Å². The molecule has 1 rings (SSSR count). The molecule has 0 aliphatic heterocycles. The fraction of sp³-hybridized carbons (Fsp3) is 0.909. The van der Waals surface area contributed by atoms with Gasteiger partial charge in [0.05, 0.1) is 0 Å². The summed E-state index contributed by atoms with van der Waals surface area (Å²) in [4.78, 5) is 0. The van der Waals surface area contributed by atoms with Crippen LogP contribution in [0.1, 0.15) is 51.9 Å². The quantitative estimate of drug-likeness (QED) is 0.294. The highest BCUT2D eigenvalue weighted by molar-refractivity contribution is 5.82. The Morgan fingerprint density at radius 3 is 2.57 bits per heavy atom. The molecule has 0 spiro atoms. The zero-order valence-electron chi connectivity index (χ0n) is 9.08. The Bertz CT molecular complexity index is 192. The molecule has 0 saturated heterocycles. The summed E-state index contributed by atoms with van der Waals surface area (Å²) >= 11 is 0. The van der Waals surface area contributed by atoms with Crippen LogP contribution in [0.3, 0.4) is 0 Å². The SMILES string of the molecule is CC1CCCCCC(/C(N)=N/O)CC1. The minimum absolute atomic E-state index is 0.306. The van der Waals surface area contributed by atoms with E-state index in [1.807, 2.05) is 0 Å². The summed E-state index contributed by atoms with van der Waals surface area (Å²) in [6.45, 7) is 2.30. The standard InChI is InChI=1S/C11H22N2O/c1-9-5-3-2-4-6-10(8-7-9)11(12)13-14/h9-10,14H,2-8H2,1H3,(H2,12,13). The maximum atomic E-state index is 8.65. The van der Waals surface area contributed by atoms with E-state index in [-0.39, 0.29) is 0 Å². The van der Waals surface area contributed by atoms with Crippen LogP contribution < -0.4 is 5.73 Å². The maximum Gasteiger partial charge on any atom is 0.142 e. The number of oxime groups is 1. The molecular formula is C11H22N2O. The van der Waals surface area contributed by atoms with E-state index < -0.39 is 0 Å². The van der Waals surface area contributed by atoms with Gasteiger partial charge in [-0.15, -0.1) is 0 Å². The van der Waals surface area contributed by atoms with Crippen LogP contribution in [0.15, 0.2) is 5.16 Å². The second kappa shape index (κ2) is 5.89. The molecule has 3 N–H and O–H groups in total. The Morgan fingerprint density at radius 1 is 1.14 bits per heavy atom. The number of rotatable bonds is 1. The van der Waals surface area contributed by atoms with Gasteiger partial charge in [-0.1, -0.05) is 44.2 Å². The number of hydrogen-bond acceptors (Lipinski definition) is 2. The number of nitrogens with two attached hydrogens (primary N) is 1. The highest BCUT2D eigenvalue weighted by atomic mass is 16.4. The largest absolute Gasteiger partial charge is 0.409 e. The lowest BCUT2D eigenvalue weighted by molar-refractivity contribution is 0.311. The lowest BCUT2D eigenvalue weighted by Gasteiger charge is -2.15. The lowest BCUT2D eigenvalue weighted by Crippen LogP contribution is -2.24. The maximum absolute atomic E-state index is 8.65. The van der Waals surface area contributed by atoms with E-state index in [2.05, 4.69) is 12.1 Å². The van der Waals surface area contributed by atoms with Gasteiger partial charge in [-0.3, -0.25) is 0 Å². The summed E-state index contributed by atoms with van der Waals surface area (Å²) in [5.74, 6) is 1.53. The van der Waals surface area contributed by atoms with Crippen molar-refractivity contribution in [3.05, 3.63) is 0 Å². The molecule has 14 heavy (non-hydrogen) atoms. The van der Waals surface area contributed by atoms with Crippen LogP contribution in [0.4, 0.5) is 0 Å². The molecule has 3 nitrogen and oxygen atoms in total. The van der Waals surface area contributed by atoms with E-state index in [1.165, 1.54) is 32.1 Å². The van der Waals surface area contributed by atoms with Crippen molar-refractivity contribution in [1.29, 1.82) is 0 Å². The molecular weight excluding hydrogens is 176 g/mol. The van der Waals surface area contributed by atoms with Gasteiger partial charge < -0.3 is 10.9 Å². The smallest absolute Gasteiger partial charge is 0.142 e.